The van der Waals surface area contributed by atoms with Gasteiger partial charge in [0, 0.05) is 18.9 Å². The molecule has 1 heterocycles. The van der Waals surface area contributed by atoms with E-state index >= 15 is 0 Å². The molecule has 1 aliphatic rings. The van der Waals surface area contributed by atoms with E-state index in [0.29, 0.717) is 6.61 Å². The van der Waals surface area contributed by atoms with Gasteiger partial charge in [0.25, 0.3) is 0 Å². The minimum atomic E-state index is 0.344. The zero-order valence-corrected chi connectivity index (χ0v) is 9.90. The molecule has 0 spiro atoms. The Morgan fingerprint density at radius 3 is 2.36 bits per heavy atom. The van der Waals surface area contributed by atoms with Gasteiger partial charge in [0.2, 0.25) is 0 Å². The molecule has 1 rings (SSSR count). The molecule has 1 N–H and O–H groups in total. The van der Waals surface area contributed by atoms with E-state index < -0.39 is 0 Å². The summed E-state index contributed by atoms with van der Waals surface area (Å²) < 4.78 is 0. The monoisotopic (exact) mass is 217 g/mol. The summed E-state index contributed by atoms with van der Waals surface area (Å²) in [5, 5.41) is 8.63. The van der Waals surface area contributed by atoms with Gasteiger partial charge in [-0.3, -0.25) is 0 Å². The van der Waals surface area contributed by atoms with E-state index in [2.05, 4.69) is 4.90 Å². The smallest absolute Gasteiger partial charge is 0.0438 e. The number of aliphatic hydroxyl groups excluding tert-OH is 1. The molecule has 3 heteroatoms. The molecule has 84 valence electrons. The first-order valence-electron chi connectivity index (χ1n) is 5.84. The Bertz CT molecular complexity index is 124. The number of hydrogen-bond donors (Lipinski definition) is 1. The highest BCUT2D eigenvalue weighted by Crippen LogP contribution is 2.10. The summed E-state index contributed by atoms with van der Waals surface area (Å²) in [4.78, 5) is 2.60. The molecule has 0 saturated carbocycles. The second-order valence-electron chi connectivity index (χ2n) is 3.95. The summed E-state index contributed by atoms with van der Waals surface area (Å²) in [6, 6.07) is 0. The Labute approximate surface area is 92.1 Å². The molecule has 14 heavy (non-hydrogen) atoms. The van der Waals surface area contributed by atoms with E-state index in [1.165, 1.54) is 51.1 Å². The number of likely N-dealkylation sites (tertiary alicyclic amines) is 1. The largest absolute Gasteiger partial charge is 0.396 e. The van der Waals surface area contributed by atoms with Crippen molar-refractivity contribution in [1.29, 1.82) is 0 Å². The van der Waals surface area contributed by atoms with Crippen LogP contribution in [0.15, 0.2) is 0 Å². The van der Waals surface area contributed by atoms with Gasteiger partial charge in [-0.25, -0.2) is 0 Å². The minimum absolute atomic E-state index is 0.344. The zero-order chi connectivity index (χ0) is 10.1. The molecule has 0 aromatic carbocycles. The van der Waals surface area contributed by atoms with E-state index in [0.717, 1.165) is 12.2 Å². The minimum Gasteiger partial charge on any atom is -0.396 e. The van der Waals surface area contributed by atoms with Crippen molar-refractivity contribution in [3.05, 3.63) is 0 Å². The third-order valence-electron chi connectivity index (χ3n) is 2.70. The lowest BCUT2D eigenvalue weighted by molar-refractivity contribution is 0.295. The molecule has 0 bridgehead atoms. The predicted molar refractivity (Wildman–Crippen MR) is 63.9 cm³/mol. The molecule has 1 saturated heterocycles. The Morgan fingerprint density at radius 2 is 1.71 bits per heavy atom. The summed E-state index contributed by atoms with van der Waals surface area (Å²) in [5.41, 5.74) is 0. The fourth-order valence-electron chi connectivity index (χ4n) is 1.82. The first-order chi connectivity index (χ1) is 6.93. The molecule has 1 aliphatic heterocycles. The fourth-order valence-corrected chi connectivity index (χ4v) is 2.75. The average molecular weight is 217 g/mol. The van der Waals surface area contributed by atoms with Crippen molar-refractivity contribution in [2.45, 2.75) is 32.1 Å². The van der Waals surface area contributed by atoms with Crippen molar-refractivity contribution < 1.29 is 5.11 Å². The van der Waals surface area contributed by atoms with Crippen LogP contribution < -0.4 is 0 Å². The van der Waals surface area contributed by atoms with Crippen molar-refractivity contribution in [2.24, 2.45) is 0 Å². The van der Waals surface area contributed by atoms with Gasteiger partial charge in [0.05, 0.1) is 0 Å². The van der Waals surface area contributed by atoms with Crippen molar-refractivity contribution >= 4 is 11.8 Å². The van der Waals surface area contributed by atoms with Gasteiger partial charge in [-0.2, -0.15) is 11.8 Å². The first kappa shape index (κ1) is 12.3. The lowest BCUT2D eigenvalue weighted by Gasteiger charge is -2.19. The topological polar surface area (TPSA) is 23.5 Å². The van der Waals surface area contributed by atoms with E-state index in [9.17, 15) is 0 Å². The standard InChI is InChI=1S/C11H23NOS/c13-9-5-10-14-11-8-12-6-3-1-2-4-7-12/h13H,1-11H2. The highest BCUT2D eigenvalue weighted by molar-refractivity contribution is 7.99. The predicted octanol–water partition coefficient (Wildman–Crippen LogP) is 1.98. The van der Waals surface area contributed by atoms with Crippen molar-refractivity contribution in [2.75, 3.05) is 37.7 Å². The van der Waals surface area contributed by atoms with Crippen LogP contribution in [0.25, 0.3) is 0 Å². The molecule has 0 aromatic heterocycles. The van der Waals surface area contributed by atoms with E-state index in [-0.39, 0.29) is 0 Å². The second kappa shape index (κ2) is 8.57. The molecular weight excluding hydrogens is 194 g/mol. The van der Waals surface area contributed by atoms with Crippen LogP contribution in [0.5, 0.6) is 0 Å². The van der Waals surface area contributed by atoms with E-state index in [1.807, 2.05) is 11.8 Å². The molecule has 0 radical (unpaired) electrons. The van der Waals surface area contributed by atoms with E-state index in [4.69, 9.17) is 5.11 Å². The number of aliphatic hydroxyl groups is 1. The van der Waals surface area contributed by atoms with Gasteiger partial charge in [-0.1, -0.05) is 12.8 Å². The van der Waals surface area contributed by atoms with Crippen LogP contribution in [0.2, 0.25) is 0 Å². The van der Waals surface area contributed by atoms with Gasteiger partial charge in [0.15, 0.2) is 0 Å². The lowest BCUT2D eigenvalue weighted by Crippen LogP contribution is -2.27. The Morgan fingerprint density at radius 1 is 1.00 bits per heavy atom. The van der Waals surface area contributed by atoms with Crippen LogP contribution in [0.1, 0.15) is 32.1 Å². The Hall–Kier alpha value is 0.270. The fraction of sp³-hybridized carbons (Fsp3) is 1.00. The number of rotatable bonds is 6. The summed E-state index contributed by atoms with van der Waals surface area (Å²) in [7, 11) is 0. The number of hydrogen-bond acceptors (Lipinski definition) is 3. The van der Waals surface area contributed by atoms with Crippen LogP contribution in [0.4, 0.5) is 0 Å². The van der Waals surface area contributed by atoms with Gasteiger partial charge in [-0.05, 0) is 38.1 Å². The lowest BCUT2D eigenvalue weighted by atomic mass is 10.2. The molecule has 0 atom stereocenters. The van der Waals surface area contributed by atoms with Crippen LogP contribution in [0.3, 0.4) is 0 Å². The third-order valence-corrected chi connectivity index (χ3v) is 3.75. The van der Waals surface area contributed by atoms with Gasteiger partial charge >= 0.3 is 0 Å². The maximum absolute atomic E-state index is 8.63. The van der Waals surface area contributed by atoms with Crippen molar-refractivity contribution in [3.8, 4) is 0 Å². The zero-order valence-electron chi connectivity index (χ0n) is 9.08. The number of thioether (sulfide) groups is 1. The molecule has 1 fully saturated rings. The molecule has 0 amide bonds. The third kappa shape index (κ3) is 5.89. The van der Waals surface area contributed by atoms with Crippen LogP contribution in [0, 0.1) is 0 Å². The first-order valence-corrected chi connectivity index (χ1v) is 7.00. The SMILES string of the molecule is OCCCSCCN1CCCCCC1. The van der Waals surface area contributed by atoms with Crippen LogP contribution >= 0.6 is 11.8 Å². The molecular formula is C11H23NOS. The normalized spacial score (nSPS) is 19.5. The highest BCUT2D eigenvalue weighted by atomic mass is 32.2. The quantitative estimate of drug-likeness (QED) is 0.688. The molecule has 0 aromatic rings. The van der Waals surface area contributed by atoms with Gasteiger partial charge in [0.1, 0.15) is 0 Å². The summed E-state index contributed by atoms with van der Waals surface area (Å²) >= 11 is 1.98. The van der Waals surface area contributed by atoms with Crippen LogP contribution in [-0.4, -0.2) is 47.8 Å². The van der Waals surface area contributed by atoms with Crippen LogP contribution in [-0.2, 0) is 0 Å². The summed E-state index contributed by atoms with van der Waals surface area (Å²) in [5.74, 6) is 2.35. The highest BCUT2D eigenvalue weighted by Gasteiger charge is 2.07. The second-order valence-corrected chi connectivity index (χ2v) is 5.17. The summed E-state index contributed by atoms with van der Waals surface area (Å²) in [6.45, 7) is 4.20. The molecule has 2 nitrogen and oxygen atoms in total. The van der Waals surface area contributed by atoms with E-state index in [1.54, 1.807) is 0 Å². The van der Waals surface area contributed by atoms with Crippen molar-refractivity contribution in [1.82, 2.24) is 4.90 Å². The molecule has 0 unspecified atom stereocenters. The van der Waals surface area contributed by atoms with Gasteiger partial charge in [-0.15, -0.1) is 0 Å². The Balaban J connectivity index is 1.93. The molecule has 0 aliphatic carbocycles. The maximum Gasteiger partial charge on any atom is 0.0438 e. The average Bonchev–Trinajstić information content (AvgIpc) is 2.46. The van der Waals surface area contributed by atoms with Crippen molar-refractivity contribution in [3.63, 3.8) is 0 Å². The van der Waals surface area contributed by atoms with Gasteiger partial charge < -0.3 is 10.0 Å². The summed E-state index contributed by atoms with van der Waals surface area (Å²) in [6.07, 6.45) is 6.58. The maximum atomic E-state index is 8.63. The number of nitrogens with zero attached hydrogens (tertiary/aromatic N) is 1. The Kier molecular flexibility index (Phi) is 7.55.